The maximum absolute atomic E-state index is 6.05. The fourth-order valence-electron chi connectivity index (χ4n) is 2.62. The maximum Gasteiger partial charge on any atom is 0.156 e. The zero-order chi connectivity index (χ0) is 16.4. The van der Waals surface area contributed by atoms with E-state index in [0.29, 0.717) is 10.8 Å². The molecule has 0 aliphatic heterocycles. The van der Waals surface area contributed by atoms with Gasteiger partial charge in [-0.1, -0.05) is 29.8 Å². The fourth-order valence-corrected chi connectivity index (χ4v) is 2.81. The lowest BCUT2D eigenvalue weighted by molar-refractivity contribution is 1.28. The van der Waals surface area contributed by atoms with Gasteiger partial charge >= 0.3 is 0 Å². The van der Waals surface area contributed by atoms with Crippen molar-refractivity contribution in [3.05, 3.63) is 78.3 Å². The van der Waals surface area contributed by atoms with Crippen molar-refractivity contribution in [3.8, 4) is 11.1 Å². The lowest BCUT2D eigenvalue weighted by Crippen LogP contribution is -1.97. The monoisotopic (exact) mass is 332 g/mol. The minimum absolute atomic E-state index is 0.671. The molecular weight excluding hydrogens is 320 g/mol. The van der Waals surface area contributed by atoms with Gasteiger partial charge in [-0.2, -0.15) is 0 Å². The van der Waals surface area contributed by atoms with E-state index in [-0.39, 0.29) is 0 Å². The Kier molecular flexibility index (Phi) is 3.81. The molecule has 24 heavy (non-hydrogen) atoms. The summed E-state index contributed by atoms with van der Waals surface area (Å²) >= 11 is 6.05. The van der Waals surface area contributed by atoms with Crippen LogP contribution < -0.4 is 5.32 Å². The number of benzene rings is 1. The van der Waals surface area contributed by atoms with E-state index in [1.165, 1.54) is 0 Å². The number of nitrogens with zero attached hydrogens (tertiary/aromatic N) is 3. The first-order valence-electron chi connectivity index (χ1n) is 7.48. The average Bonchev–Trinajstić information content (AvgIpc) is 2.63. The first kappa shape index (κ1) is 14.6. The second-order valence-corrected chi connectivity index (χ2v) is 5.73. The standard InChI is InChI=1S/C19H13ClN4/c20-14-5-1-6-15(10-14)24-19-18-16(7-3-9-22-18)17(12-23-19)13-4-2-8-21-11-13/h1-12H,(H,23,24). The van der Waals surface area contributed by atoms with Crippen molar-refractivity contribution in [2.45, 2.75) is 0 Å². The van der Waals surface area contributed by atoms with E-state index >= 15 is 0 Å². The second kappa shape index (κ2) is 6.26. The van der Waals surface area contributed by atoms with Crippen LogP contribution in [-0.4, -0.2) is 15.0 Å². The molecular formula is C19H13ClN4. The molecule has 0 atom stereocenters. The van der Waals surface area contributed by atoms with Gasteiger partial charge in [0.05, 0.1) is 0 Å². The van der Waals surface area contributed by atoms with Gasteiger partial charge in [-0.3, -0.25) is 9.97 Å². The maximum atomic E-state index is 6.05. The van der Waals surface area contributed by atoms with E-state index in [2.05, 4.69) is 20.3 Å². The Labute approximate surface area is 144 Å². The summed E-state index contributed by atoms with van der Waals surface area (Å²) in [5.74, 6) is 0.695. The Morgan fingerprint density at radius 1 is 0.875 bits per heavy atom. The van der Waals surface area contributed by atoms with E-state index < -0.39 is 0 Å². The molecule has 3 heterocycles. The van der Waals surface area contributed by atoms with Crippen molar-refractivity contribution >= 4 is 34.0 Å². The van der Waals surface area contributed by atoms with Gasteiger partial charge in [0.1, 0.15) is 5.52 Å². The molecule has 116 valence electrons. The highest BCUT2D eigenvalue weighted by Crippen LogP contribution is 2.31. The Morgan fingerprint density at radius 2 is 1.79 bits per heavy atom. The van der Waals surface area contributed by atoms with Crippen LogP contribution in [0.5, 0.6) is 0 Å². The van der Waals surface area contributed by atoms with Crippen molar-refractivity contribution < 1.29 is 0 Å². The molecule has 0 aliphatic carbocycles. The Morgan fingerprint density at radius 3 is 2.62 bits per heavy atom. The number of fused-ring (bicyclic) bond motifs is 1. The predicted octanol–water partition coefficient (Wildman–Crippen LogP) is 5.09. The molecule has 0 saturated carbocycles. The first-order chi connectivity index (χ1) is 11.8. The summed E-state index contributed by atoms with van der Waals surface area (Å²) < 4.78 is 0. The number of pyridine rings is 3. The number of hydrogen-bond donors (Lipinski definition) is 1. The molecule has 1 N–H and O–H groups in total. The minimum atomic E-state index is 0.671. The molecule has 3 aromatic heterocycles. The van der Waals surface area contributed by atoms with Gasteiger partial charge in [-0.25, -0.2) is 4.98 Å². The highest BCUT2D eigenvalue weighted by Gasteiger charge is 2.10. The number of rotatable bonds is 3. The lowest BCUT2D eigenvalue weighted by atomic mass is 10.0. The highest BCUT2D eigenvalue weighted by molar-refractivity contribution is 6.30. The molecule has 4 aromatic rings. The molecule has 0 radical (unpaired) electrons. The Bertz CT molecular complexity index is 1000. The molecule has 4 nitrogen and oxygen atoms in total. The molecule has 0 amide bonds. The molecule has 4 rings (SSSR count). The lowest BCUT2D eigenvalue weighted by Gasteiger charge is -2.11. The first-order valence-corrected chi connectivity index (χ1v) is 7.86. The van der Waals surface area contributed by atoms with Crippen LogP contribution in [0.1, 0.15) is 0 Å². The largest absolute Gasteiger partial charge is 0.338 e. The number of halogens is 1. The summed E-state index contributed by atoms with van der Waals surface area (Å²) in [6.07, 6.45) is 7.19. The van der Waals surface area contributed by atoms with E-state index in [1.54, 1.807) is 12.4 Å². The topological polar surface area (TPSA) is 50.7 Å². The van der Waals surface area contributed by atoms with Crippen molar-refractivity contribution in [2.24, 2.45) is 0 Å². The van der Waals surface area contributed by atoms with Crippen molar-refractivity contribution in [1.29, 1.82) is 0 Å². The quantitative estimate of drug-likeness (QED) is 0.567. The van der Waals surface area contributed by atoms with Crippen LogP contribution in [0, 0.1) is 0 Å². The van der Waals surface area contributed by atoms with Crippen LogP contribution in [-0.2, 0) is 0 Å². The van der Waals surface area contributed by atoms with E-state index in [0.717, 1.165) is 27.7 Å². The third-order valence-corrected chi connectivity index (χ3v) is 3.94. The Balaban J connectivity index is 1.84. The predicted molar refractivity (Wildman–Crippen MR) is 97.5 cm³/mol. The molecule has 0 spiro atoms. The summed E-state index contributed by atoms with van der Waals surface area (Å²) in [6, 6.07) is 15.4. The summed E-state index contributed by atoms with van der Waals surface area (Å²) in [6.45, 7) is 0. The molecule has 1 aromatic carbocycles. The number of hydrogen-bond acceptors (Lipinski definition) is 4. The zero-order valence-corrected chi connectivity index (χ0v) is 13.4. The number of aromatic nitrogens is 3. The van der Waals surface area contributed by atoms with Crippen LogP contribution >= 0.6 is 11.6 Å². The molecule has 0 unspecified atom stereocenters. The second-order valence-electron chi connectivity index (χ2n) is 5.30. The molecule has 0 aliphatic rings. The summed E-state index contributed by atoms with van der Waals surface area (Å²) in [7, 11) is 0. The highest BCUT2D eigenvalue weighted by atomic mass is 35.5. The van der Waals surface area contributed by atoms with E-state index in [9.17, 15) is 0 Å². The summed E-state index contributed by atoms with van der Waals surface area (Å²) in [5.41, 5.74) is 3.69. The van der Waals surface area contributed by atoms with Crippen molar-refractivity contribution in [2.75, 3.05) is 5.32 Å². The van der Waals surface area contributed by atoms with Gasteiger partial charge < -0.3 is 5.32 Å². The van der Waals surface area contributed by atoms with Crippen LogP contribution in [0.3, 0.4) is 0 Å². The van der Waals surface area contributed by atoms with Crippen LogP contribution in [0.15, 0.2) is 73.3 Å². The third-order valence-electron chi connectivity index (χ3n) is 3.70. The van der Waals surface area contributed by atoms with Crippen molar-refractivity contribution in [1.82, 2.24) is 15.0 Å². The molecule has 0 saturated heterocycles. The molecule has 5 heteroatoms. The zero-order valence-electron chi connectivity index (χ0n) is 12.6. The van der Waals surface area contributed by atoms with Gasteiger partial charge in [-0.05, 0) is 30.3 Å². The minimum Gasteiger partial charge on any atom is -0.338 e. The third kappa shape index (κ3) is 2.79. The fraction of sp³-hybridized carbons (Fsp3) is 0. The van der Waals surface area contributed by atoms with Gasteiger partial charge in [0.15, 0.2) is 5.82 Å². The van der Waals surface area contributed by atoms with Crippen molar-refractivity contribution in [3.63, 3.8) is 0 Å². The molecule has 0 fully saturated rings. The smallest absolute Gasteiger partial charge is 0.156 e. The van der Waals surface area contributed by atoms with Crippen LogP contribution in [0.25, 0.3) is 22.0 Å². The number of nitrogens with one attached hydrogen (secondary N) is 1. The number of anilines is 2. The van der Waals surface area contributed by atoms with Gasteiger partial charge in [0, 0.05) is 52.0 Å². The average molecular weight is 333 g/mol. The Hall–Kier alpha value is -2.98. The van der Waals surface area contributed by atoms with E-state index in [4.69, 9.17) is 11.6 Å². The normalized spacial score (nSPS) is 10.7. The van der Waals surface area contributed by atoms with Gasteiger partial charge in [-0.15, -0.1) is 0 Å². The van der Waals surface area contributed by atoms with Gasteiger partial charge in [0.25, 0.3) is 0 Å². The van der Waals surface area contributed by atoms with Gasteiger partial charge in [0.2, 0.25) is 0 Å². The SMILES string of the molecule is Clc1cccc(Nc2ncc(-c3cccnc3)c3cccnc23)c1. The summed E-state index contributed by atoms with van der Waals surface area (Å²) in [4.78, 5) is 13.3. The van der Waals surface area contributed by atoms with Crippen LogP contribution in [0.2, 0.25) is 5.02 Å². The van der Waals surface area contributed by atoms with Crippen LogP contribution in [0.4, 0.5) is 11.5 Å². The summed E-state index contributed by atoms with van der Waals surface area (Å²) in [5, 5.41) is 4.98. The molecule has 0 bridgehead atoms. The van der Waals surface area contributed by atoms with E-state index in [1.807, 2.05) is 60.9 Å².